The van der Waals surface area contributed by atoms with Crippen molar-refractivity contribution in [1.29, 1.82) is 0 Å². The molecule has 1 aromatic heterocycles. The topological polar surface area (TPSA) is 88.3 Å². The van der Waals surface area contributed by atoms with Crippen molar-refractivity contribution in [3.05, 3.63) is 11.9 Å². The summed E-state index contributed by atoms with van der Waals surface area (Å²) in [5.41, 5.74) is -0.0722. The highest BCUT2D eigenvalue weighted by atomic mass is 16.4. The molecule has 7 nitrogen and oxygen atoms in total. The summed E-state index contributed by atoms with van der Waals surface area (Å²) in [6.45, 7) is 6.19. The minimum atomic E-state index is -1.09. The fourth-order valence-corrected chi connectivity index (χ4v) is 2.69. The van der Waals surface area contributed by atoms with Gasteiger partial charge in [0.1, 0.15) is 0 Å². The molecule has 0 spiro atoms. The number of hydrogen-bond acceptors (Lipinski definition) is 4. The van der Waals surface area contributed by atoms with Crippen LogP contribution in [0.25, 0.3) is 0 Å². The highest BCUT2D eigenvalue weighted by molar-refractivity contribution is 5.84. The Bertz CT molecular complexity index is 512. The van der Waals surface area contributed by atoms with Crippen LogP contribution in [0, 0.1) is 11.8 Å². The van der Waals surface area contributed by atoms with Crippen LogP contribution in [0.4, 0.5) is 0 Å². The van der Waals surface area contributed by atoms with E-state index < -0.39 is 5.97 Å². The maximum absolute atomic E-state index is 12.1. The first-order valence-electron chi connectivity index (χ1n) is 7.38. The second kappa shape index (κ2) is 6.69. The molecular formula is C14H22N4O3. The average Bonchev–Trinajstić information content (AvgIpc) is 2.82. The van der Waals surface area contributed by atoms with Gasteiger partial charge in [-0.1, -0.05) is 19.1 Å². The molecular weight excluding hydrogens is 272 g/mol. The lowest BCUT2D eigenvalue weighted by atomic mass is 9.89. The summed E-state index contributed by atoms with van der Waals surface area (Å²) in [7, 11) is 0. The highest BCUT2D eigenvalue weighted by Crippen LogP contribution is 2.25. The summed E-state index contributed by atoms with van der Waals surface area (Å²) in [6.07, 6.45) is 3.97. The van der Waals surface area contributed by atoms with E-state index in [4.69, 9.17) is 5.11 Å². The number of aromatic nitrogens is 3. The molecule has 1 atom stereocenters. The van der Waals surface area contributed by atoms with E-state index in [-0.39, 0.29) is 11.6 Å². The SMILES string of the molecule is CC(C)C1CCC(=O)N(CCn2cc(C(=O)O)nn2)CC1. The van der Waals surface area contributed by atoms with E-state index in [2.05, 4.69) is 24.2 Å². The van der Waals surface area contributed by atoms with Crippen LogP contribution in [0.5, 0.6) is 0 Å². The van der Waals surface area contributed by atoms with Crippen molar-refractivity contribution in [2.75, 3.05) is 13.1 Å². The molecule has 116 valence electrons. The van der Waals surface area contributed by atoms with Crippen LogP contribution in [-0.2, 0) is 11.3 Å². The lowest BCUT2D eigenvalue weighted by molar-refractivity contribution is -0.130. The van der Waals surface area contributed by atoms with Crippen molar-refractivity contribution >= 4 is 11.9 Å². The van der Waals surface area contributed by atoms with Gasteiger partial charge < -0.3 is 10.0 Å². The normalized spacial score (nSPS) is 19.9. The van der Waals surface area contributed by atoms with Gasteiger partial charge in [0.05, 0.1) is 12.7 Å². The van der Waals surface area contributed by atoms with E-state index in [9.17, 15) is 9.59 Å². The van der Waals surface area contributed by atoms with Crippen LogP contribution in [0.3, 0.4) is 0 Å². The number of carbonyl (C=O) groups is 2. The molecule has 1 fully saturated rings. The van der Waals surface area contributed by atoms with Gasteiger partial charge in [0.15, 0.2) is 5.69 Å². The molecule has 1 amide bonds. The van der Waals surface area contributed by atoms with Crippen molar-refractivity contribution in [2.45, 2.75) is 39.7 Å². The molecule has 0 radical (unpaired) electrons. The molecule has 7 heteroatoms. The Morgan fingerprint density at radius 1 is 1.43 bits per heavy atom. The van der Waals surface area contributed by atoms with Crippen molar-refractivity contribution in [3.8, 4) is 0 Å². The Hall–Kier alpha value is -1.92. The Morgan fingerprint density at radius 3 is 2.81 bits per heavy atom. The minimum Gasteiger partial charge on any atom is -0.476 e. The molecule has 0 aliphatic carbocycles. The predicted molar refractivity (Wildman–Crippen MR) is 75.7 cm³/mol. The lowest BCUT2D eigenvalue weighted by Gasteiger charge is -2.21. The fourth-order valence-electron chi connectivity index (χ4n) is 2.69. The number of rotatable bonds is 5. The van der Waals surface area contributed by atoms with Gasteiger partial charge in [-0.05, 0) is 24.7 Å². The van der Waals surface area contributed by atoms with Gasteiger partial charge in [0.2, 0.25) is 5.91 Å². The van der Waals surface area contributed by atoms with Crippen LogP contribution in [-0.4, -0.2) is 50.0 Å². The zero-order chi connectivity index (χ0) is 15.4. The quantitative estimate of drug-likeness (QED) is 0.883. The molecule has 1 unspecified atom stereocenters. The molecule has 2 rings (SSSR count). The standard InChI is InChI=1S/C14H22N4O3/c1-10(2)11-3-4-13(19)17(6-5-11)7-8-18-9-12(14(20)21)15-16-18/h9-11H,3-8H2,1-2H3,(H,20,21). The van der Waals surface area contributed by atoms with Gasteiger partial charge in [0.25, 0.3) is 0 Å². The molecule has 1 aromatic rings. The summed E-state index contributed by atoms with van der Waals surface area (Å²) >= 11 is 0. The summed E-state index contributed by atoms with van der Waals surface area (Å²) in [6, 6.07) is 0. The summed E-state index contributed by atoms with van der Waals surface area (Å²) in [4.78, 5) is 24.7. The number of carbonyl (C=O) groups excluding carboxylic acids is 1. The van der Waals surface area contributed by atoms with Gasteiger partial charge in [-0.25, -0.2) is 9.48 Å². The van der Waals surface area contributed by atoms with E-state index in [1.165, 1.54) is 10.9 Å². The first kappa shape index (κ1) is 15.5. The largest absolute Gasteiger partial charge is 0.476 e. The van der Waals surface area contributed by atoms with Crippen molar-refractivity contribution in [1.82, 2.24) is 19.9 Å². The molecule has 0 bridgehead atoms. The summed E-state index contributed by atoms with van der Waals surface area (Å²) < 4.78 is 1.47. The van der Waals surface area contributed by atoms with Crippen molar-refractivity contribution in [3.63, 3.8) is 0 Å². The van der Waals surface area contributed by atoms with Crippen molar-refractivity contribution in [2.24, 2.45) is 11.8 Å². The Labute approximate surface area is 123 Å². The Kier molecular flexibility index (Phi) is 4.93. The number of carboxylic acid groups (broad SMARTS) is 1. The van der Waals surface area contributed by atoms with Crippen LogP contribution >= 0.6 is 0 Å². The van der Waals surface area contributed by atoms with Crippen LogP contribution < -0.4 is 0 Å². The molecule has 21 heavy (non-hydrogen) atoms. The number of likely N-dealkylation sites (tertiary alicyclic amines) is 1. The summed E-state index contributed by atoms with van der Waals surface area (Å²) in [5, 5.41) is 16.1. The molecule has 0 aromatic carbocycles. The van der Waals surface area contributed by atoms with Gasteiger partial charge in [-0.15, -0.1) is 5.10 Å². The van der Waals surface area contributed by atoms with Crippen LogP contribution in [0.1, 0.15) is 43.6 Å². The minimum absolute atomic E-state index is 0.0722. The number of nitrogens with zero attached hydrogens (tertiary/aromatic N) is 4. The van der Waals surface area contributed by atoms with Gasteiger partial charge in [0, 0.05) is 19.5 Å². The third-order valence-corrected chi connectivity index (χ3v) is 4.15. The van der Waals surface area contributed by atoms with E-state index in [0.29, 0.717) is 31.3 Å². The molecule has 1 N–H and O–H groups in total. The lowest BCUT2D eigenvalue weighted by Crippen LogP contribution is -2.33. The Balaban J connectivity index is 1.89. The van der Waals surface area contributed by atoms with Gasteiger partial charge in [-0.2, -0.15) is 0 Å². The van der Waals surface area contributed by atoms with Crippen LogP contribution in [0.15, 0.2) is 6.20 Å². The molecule has 0 saturated carbocycles. The Morgan fingerprint density at radius 2 is 2.19 bits per heavy atom. The number of hydrogen-bond donors (Lipinski definition) is 1. The maximum atomic E-state index is 12.1. The maximum Gasteiger partial charge on any atom is 0.358 e. The smallest absolute Gasteiger partial charge is 0.358 e. The van der Waals surface area contributed by atoms with Gasteiger partial charge in [-0.3, -0.25) is 4.79 Å². The average molecular weight is 294 g/mol. The predicted octanol–water partition coefficient (Wildman–Crippen LogP) is 1.26. The second-order valence-corrected chi connectivity index (χ2v) is 5.88. The first-order valence-corrected chi connectivity index (χ1v) is 7.38. The molecule has 1 aliphatic heterocycles. The highest BCUT2D eigenvalue weighted by Gasteiger charge is 2.24. The number of amides is 1. The molecule has 1 saturated heterocycles. The first-order chi connectivity index (χ1) is 9.97. The fraction of sp³-hybridized carbons (Fsp3) is 0.714. The van der Waals surface area contributed by atoms with Crippen LogP contribution in [0.2, 0.25) is 0 Å². The number of carboxylic acids is 1. The van der Waals surface area contributed by atoms with Gasteiger partial charge >= 0.3 is 5.97 Å². The zero-order valence-corrected chi connectivity index (χ0v) is 12.5. The van der Waals surface area contributed by atoms with E-state index in [1.54, 1.807) is 0 Å². The van der Waals surface area contributed by atoms with E-state index >= 15 is 0 Å². The monoisotopic (exact) mass is 294 g/mol. The molecule has 1 aliphatic rings. The number of aromatic carboxylic acids is 1. The second-order valence-electron chi connectivity index (χ2n) is 5.88. The third-order valence-electron chi connectivity index (χ3n) is 4.15. The van der Waals surface area contributed by atoms with E-state index in [1.807, 2.05) is 4.90 Å². The zero-order valence-electron chi connectivity index (χ0n) is 12.5. The third kappa shape index (κ3) is 4.03. The van der Waals surface area contributed by atoms with E-state index in [0.717, 1.165) is 19.4 Å². The molecule has 2 heterocycles. The van der Waals surface area contributed by atoms with Crippen molar-refractivity contribution < 1.29 is 14.7 Å². The summed E-state index contributed by atoms with van der Waals surface area (Å²) in [5.74, 6) is 0.290.